The normalized spacial score (nSPS) is 16.6. The van der Waals surface area contributed by atoms with E-state index in [1.165, 1.54) is 10.9 Å². The summed E-state index contributed by atoms with van der Waals surface area (Å²) in [6.07, 6.45) is 2.38. The maximum absolute atomic E-state index is 12.7. The minimum absolute atomic E-state index is 0.0559. The van der Waals surface area contributed by atoms with Crippen molar-refractivity contribution in [2.24, 2.45) is 13.0 Å². The van der Waals surface area contributed by atoms with Crippen LogP contribution in [-0.2, 0) is 23.1 Å². The predicted octanol–water partition coefficient (Wildman–Crippen LogP) is 2.15. The van der Waals surface area contributed by atoms with E-state index in [4.69, 9.17) is 5.26 Å². The molecule has 0 aliphatic carbocycles. The summed E-state index contributed by atoms with van der Waals surface area (Å²) in [7, 11) is 1.66. The monoisotopic (exact) mass is 351 g/mol. The van der Waals surface area contributed by atoms with Gasteiger partial charge in [0.05, 0.1) is 12.1 Å². The molecule has 7 nitrogen and oxygen atoms in total. The molecule has 1 aliphatic heterocycles. The first-order valence-electron chi connectivity index (χ1n) is 8.58. The number of amides is 2. The minimum atomic E-state index is -0.465. The second-order valence-electron chi connectivity index (χ2n) is 6.47. The van der Waals surface area contributed by atoms with Gasteiger partial charge in [-0.1, -0.05) is 25.1 Å². The molecule has 1 fully saturated rings. The third kappa shape index (κ3) is 3.06. The average Bonchev–Trinajstić information content (AvgIpc) is 3.18. The summed E-state index contributed by atoms with van der Waals surface area (Å²) < 4.78 is 1.45. The van der Waals surface area contributed by atoms with Crippen molar-refractivity contribution in [3.63, 3.8) is 0 Å². The van der Waals surface area contributed by atoms with Crippen LogP contribution in [0.1, 0.15) is 30.0 Å². The lowest BCUT2D eigenvalue weighted by atomic mass is 10.0. The summed E-state index contributed by atoms with van der Waals surface area (Å²) in [5, 5.41) is 15.8. The van der Waals surface area contributed by atoms with Crippen molar-refractivity contribution in [3.05, 3.63) is 41.1 Å². The number of benzene rings is 1. The number of nitriles is 1. The molecular weight excluding hydrogens is 330 g/mol. The summed E-state index contributed by atoms with van der Waals surface area (Å²) in [5.41, 5.74) is 3.33. The second kappa shape index (κ2) is 7.00. The van der Waals surface area contributed by atoms with Crippen molar-refractivity contribution >= 4 is 23.3 Å². The lowest BCUT2D eigenvalue weighted by Gasteiger charge is -2.22. The van der Waals surface area contributed by atoms with Crippen molar-refractivity contribution in [2.45, 2.75) is 26.7 Å². The van der Waals surface area contributed by atoms with Gasteiger partial charge in [0.1, 0.15) is 17.5 Å². The van der Waals surface area contributed by atoms with Gasteiger partial charge in [-0.3, -0.25) is 14.3 Å². The smallest absolute Gasteiger partial charge is 0.230 e. The minimum Gasteiger partial charge on any atom is -0.311 e. The number of hydrogen-bond donors (Lipinski definition) is 1. The highest BCUT2D eigenvalue weighted by atomic mass is 16.2. The molecule has 3 rings (SSSR count). The quantitative estimate of drug-likeness (QED) is 0.914. The van der Waals surface area contributed by atoms with E-state index in [1.54, 1.807) is 11.9 Å². The Morgan fingerprint density at radius 2 is 2.23 bits per heavy atom. The number of hydrogen-bond acceptors (Lipinski definition) is 4. The van der Waals surface area contributed by atoms with Gasteiger partial charge in [-0.15, -0.1) is 0 Å². The van der Waals surface area contributed by atoms with Gasteiger partial charge in [0.2, 0.25) is 11.8 Å². The Hall–Kier alpha value is -3.14. The molecule has 7 heteroatoms. The van der Waals surface area contributed by atoms with Crippen molar-refractivity contribution in [1.82, 2.24) is 9.78 Å². The van der Waals surface area contributed by atoms with Crippen LogP contribution in [0, 0.1) is 24.2 Å². The van der Waals surface area contributed by atoms with Gasteiger partial charge in [-0.05, 0) is 24.5 Å². The molecule has 1 saturated heterocycles. The van der Waals surface area contributed by atoms with Crippen LogP contribution in [-0.4, -0.2) is 28.1 Å². The molecule has 1 aromatic heterocycles. The molecule has 1 unspecified atom stereocenters. The number of para-hydroxylation sites is 1. The molecule has 1 N–H and O–H groups in total. The summed E-state index contributed by atoms with van der Waals surface area (Å²) in [6, 6.07) is 7.97. The van der Waals surface area contributed by atoms with Crippen LogP contribution < -0.4 is 10.2 Å². The molecule has 1 aliphatic rings. The molecule has 1 atom stereocenters. The fourth-order valence-corrected chi connectivity index (χ4v) is 3.38. The standard InChI is InChI=1S/C19H21N5O2/c1-4-13-7-5-6-12(2)17(13)24-11-14(8-16(24)25)19(26)22-18-15(9-20)10-21-23(18)3/h5-7,10,14H,4,8,11H2,1-3H3,(H,22,26). The van der Waals surface area contributed by atoms with E-state index >= 15 is 0 Å². The fraction of sp³-hybridized carbons (Fsp3) is 0.368. The molecule has 2 heterocycles. The number of carbonyl (C=O) groups is 2. The Bertz CT molecular complexity index is 909. The number of rotatable bonds is 4. The van der Waals surface area contributed by atoms with E-state index < -0.39 is 5.92 Å². The first-order valence-corrected chi connectivity index (χ1v) is 8.58. The Labute approximate surface area is 152 Å². The molecule has 0 bridgehead atoms. The fourth-order valence-electron chi connectivity index (χ4n) is 3.38. The van der Waals surface area contributed by atoms with Gasteiger partial charge in [0.15, 0.2) is 0 Å². The number of nitrogens with zero attached hydrogens (tertiary/aromatic N) is 4. The summed E-state index contributed by atoms with van der Waals surface area (Å²) >= 11 is 0. The third-order valence-electron chi connectivity index (χ3n) is 4.77. The van der Waals surface area contributed by atoms with E-state index in [0.29, 0.717) is 17.9 Å². The third-order valence-corrected chi connectivity index (χ3v) is 4.77. The number of nitrogens with one attached hydrogen (secondary N) is 1. The summed E-state index contributed by atoms with van der Waals surface area (Å²) in [4.78, 5) is 26.9. The Kier molecular flexibility index (Phi) is 4.76. The number of carbonyl (C=O) groups excluding carboxylic acids is 2. The van der Waals surface area contributed by atoms with Gasteiger partial charge in [-0.25, -0.2) is 0 Å². The van der Waals surface area contributed by atoms with E-state index in [1.807, 2.05) is 31.2 Å². The molecule has 0 radical (unpaired) electrons. The van der Waals surface area contributed by atoms with Gasteiger partial charge in [0, 0.05) is 25.7 Å². The molecular formula is C19H21N5O2. The van der Waals surface area contributed by atoms with Crippen LogP contribution in [0.2, 0.25) is 0 Å². The van der Waals surface area contributed by atoms with Crippen LogP contribution in [0.5, 0.6) is 0 Å². The highest BCUT2D eigenvalue weighted by molar-refractivity contribution is 6.04. The Morgan fingerprint density at radius 3 is 2.92 bits per heavy atom. The topological polar surface area (TPSA) is 91.0 Å². The first-order chi connectivity index (χ1) is 12.5. The number of aromatic nitrogens is 2. The first kappa shape index (κ1) is 17.7. The van der Waals surface area contributed by atoms with Crippen LogP contribution in [0.15, 0.2) is 24.4 Å². The average molecular weight is 351 g/mol. The molecule has 2 amide bonds. The second-order valence-corrected chi connectivity index (χ2v) is 6.47. The Balaban J connectivity index is 1.81. The lowest BCUT2D eigenvalue weighted by Crippen LogP contribution is -2.29. The predicted molar refractivity (Wildman–Crippen MR) is 97.6 cm³/mol. The largest absolute Gasteiger partial charge is 0.311 e. The van der Waals surface area contributed by atoms with E-state index in [-0.39, 0.29) is 18.2 Å². The number of aryl methyl sites for hydroxylation is 3. The lowest BCUT2D eigenvalue weighted by molar-refractivity contribution is -0.122. The highest BCUT2D eigenvalue weighted by Crippen LogP contribution is 2.32. The maximum Gasteiger partial charge on any atom is 0.230 e. The number of anilines is 2. The van der Waals surface area contributed by atoms with Crippen LogP contribution >= 0.6 is 0 Å². The SMILES string of the molecule is CCc1cccc(C)c1N1CC(C(=O)Nc2c(C#N)cnn2C)CC1=O. The van der Waals surface area contributed by atoms with Crippen molar-refractivity contribution in [1.29, 1.82) is 5.26 Å². The molecule has 134 valence electrons. The van der Waals surface area contributed by atoms with E-state index in [2.05, 4.69) is 17.3 Å². The molecule has 26 heavy (non-hydrogen) atoms. The van der Waals surface area contributed by atoms with Gasteiger partial charge >= 0.3 is 0 Å². The molecule has 2 aromatic rings. The van der Waals surface area contributed by atoms with E-state index in [9.17, 15) is 9.59 Å². The van der Waals surface area contributed by atoms with Gasteiger partial charge in [0.25, 0.3) is 0 Å². The molecule has 1 aromatic carbocycles. The maximum atomic E-state index is 12.7. The summed E-state index contributed by atoms with van der Waals surface area (Å²) in [5.74, 6) is -0.436. The zero-order chi connectivity index (χ0) is 18.8. The zero-order valence-electron chi connectivity index (χ0n) is 15.1. The molecule has 0 saturated carbocycles. The highest BCUT2D eigenvalue weighted by Gasteiger charge is 2.36. The Morgan fingerprint density at radius 1 is 1.46 bits per heavy atom. The van der Waals surface area contributed by atoms with Gasteiger partial charge < -0.3 is 10.2 Å². The van der Waals surface area contributed by atoms with Crippen molar-refractivity contribution in [3.8, 4) is 6.07 Å². The molecule has 0 spiro atoms. The van der Waals surface area contributed by atoms with Crippen molar-refractivity contribution < 1.29 is 9.59 Å². The van der Waals surface area contributed by atoms with Gasteiger partial charge in [-0.2, -0.15) is 10.4 Å². The zero-order valence-corrected chi connectivity index (χ0v) is 15.1. The van der Waals surface area contributed by atoms with Crippen molar-refractivity contribution in [2.75, 3.05) is 16.8 Å². The van der Waals surface area contributed by atoms with E-state index in [0.717, 1.165) is 23.2 Å². The van der Waals surface area contributed by atoms with Crippen LogP contribution in [0.25, 0.3) is 0 Å². The van der Waals surface area contributed by atoms with Crippen LogP contribution in [0.4, 0.5) is 11.5 Å². The summed E-state index contributed by atoms with van der Waals surface area (Å²) in [6.45, 7) is 4.36. The van der Waals surface area contributed by atoms with Crippen LogP contribution in [0.3, 0.4) is 0 Å².